The molecule has 2 rings (SSSR count). The molecule has 0 atom stereocenters. The molecule has 2 heterocycles. The number of halogens is 1. The number of hydrogen-bond donors (Lipinski definition) is 1. The summed E-state index contributed by atoms with van der Waals surface area (Å²) in [5.41, 5.74) is 1.50. The van der Waals surface area contributed by atoms with Gasteiger partial charge in [-0.2, -0.15) is 0 Å². The molecule has 12 heavy (non-hydrogen) atoms. The second-order valence-electron chi connectivity index (χ2n) is 2.37. The highest BCUT2D eigenvalue weighted by molar-refractivity contribution is 6.29. The van der Waals surface area contributed by atoms with Crippen molar-refractivity contribution in [2.24, 2.45) is 0 Å². The molecule has 0 radical (unpaired) electrons. The van der Waals surface area contributed by atoms with Crippen LogP contribution in [0.2, 0.25) is 5.15 Å². The minimum absolute atomic E-state index is 0.255. The van der Waals surface area contributed by atoms with Gasteiger partial charge in [0.25, 0.3) is 0 Å². The van der Waals surface area contributed by atoms with Gasteiger partial charge < -0.3 is 4.74 Å². The van der Waals surface area contributed by atoms with Gasteiger partial charge in [-0.25, -0.2) is 9.78 Å². The van der Waals surface area contributed by atoms with Crippen molar-refractivity contribution in [2.75, 3.05) is 5.32 Å². The molecule has 1 aliphatic rings. The molecule has 0 aliphatic carbocycles. The van der Waals surface area contributed by atoms with E-state index in [1.165, 1.54) is 0 Å². The minimum atomic E-state index is -0.454. The molecule has 5 heteroatoms. The van der Waals surface area contributed by atoms with Gasteiger partial charge in [-0.1, -0.05) is 11.6 Å². The highest BCUT2D eigenvalue weighted by atomic mass is 35.5. The number of carbonyl (C=O) groups excluding carboxylic acids is 1. The Labute approximate surface area is 73.5 Å². The second-order valence-corrected chi connectivity index (χ2v) is 2.75. The Kier molecular flexibility index (Phi) is 1.62. The van der Waals surface area contributed by atoms with Crippen molar-refractivity contribution in [3.8, 4) is 0 Å². The molecule has 0 saturated heterocycles. The van der Waals surface area contributed by atoms with E-state index in [2.05, 4.69) is 10.3 Å². The first kappa shape index (κ1) is 7.36. The molecule has 62 valence electrons. The van der Waals surface area contributed by atoms with E-state index < -0.39 is 6.09 Å². The van der Waals surface area contributed by atoms with Gasteiger partial charge in [0.2, 0.25) is 0 Å². The van der Waals surface area contributed by atoms with E-state index in [0.29, 0.717) is 10.8 Å². The molecule has 0 aromatic carbocycles. The van der Waals surface area contributed by atoms with Crippen LogP contribution in [0.5, 0.6) is 0 Å². The summed E-state index contributed by atoms with van der Waals surface area (Å²) in [5, 5.41) is 2.87. The first-order valence-electron chi connectivity index (χ1n) is 3.34. The lowest BCUT2D eigenvalue weighted by Crippen LogP contribution is -2.20. The number of cyclic esters (lactones) is 1. The van der Waals surface area contributed by atoms with Crippen molar-refractivity contribution in [1.29, 1.82) is 0 Å². The van der Waals surface area contributed by atoms with Crippen LogP contribution in [0.25, 0.3) is 0 Å². The number of aromatic nitrogens is 1. The van der Waals surface area contributed by atoms with Crippen molar-refractivity contribution in [2.45, 2.75) is 6.61 Å². The normalized spacial score (nSPS) is 14.6. The minimum Gasteiger partial charge on any atom is -0.444 e. The number of nitrogens with one attached hydrogen (secondary N) is 1. The molecular formula is C7H5ClN2O2. The highest BCUT2D eigenvalue weighted by Gasteiger charge is 2.15. The van der Waals surface area contributed by atoms with E-state index in [1.807, 2.05) is 0 Å². The van der Waals surface area contributed by atoms with Gasteiger partial charge in [-0.3, -0.25) is 5.32 Å². The smallest absolute Gasteiger partial charge is 0.411 e. The molecule has 1 amide bonds. The van der Waals surface area contributed by atoms with Gasteiger partial charge in [0.1, 0.15) is 11.8 Å². The summed E-state index contributed by atoms with van der Waals surface area (Å²) >= 11 is 5.62. The predicted molar refractivity (Wildman–Crippen MR) is 43.1 cm³/mol. The molecule has 1 N–H and O–H groups in total. The van der Waals surface area contributed by atoms with E-state index in [-0.39, 0.29) is 6.61 Å². The molecule has 0 spiro atoms. The Morgan fingerprint density at radius 3 is 3.33 bits per heavy atom. The topological polar surface area (TPSA) is 51.2 Å². The summed E-state index contributed by atoms with van der Waals surface area (Å²) in [7, 11) is 0. The zero-order chi connectivity index (χ0) is 8.55. The molecule has 4 nitrogen and oxygen atoms in total. The van der Waals surface area contributed by atoms with Crippen LogP contribution in [-0.2, 0) is 11.3 Å². The molecule has 0 fully saturated rings. The number of fused-ring (bicyclic) bond motifs is 1. The number of hydrogen-bond acceptors (Lipinski definition) is 3. The summed E-state index contributed by atoms with van der Waals surface area (Å²) in [6.45, 7) is 0.255. The molecule has 0 saturated carbocycles. The molecule has 1 aromatic heterocycles. The van der Waals surface area contributed by atoms with E-state index >= 15 is 0 Å². The van der Waals surface area contributed by atoms with Gasteiger partial charge in [-0.15, -0.1) is 0 Å². The summed E-state index contributed by atoms with van der Waals surface area (Å²) < 4.78 is 4.71. The Morgan fingerprint density at radius 1 is 1.67 bits per heavy atom. The van der Waals surface area contributed by atoms with Crippen molar-refractivity contribution in [3.63, 3.8) is 0 Å². The lowest BCUT2D eigenvalue weighted by molar-refractivity contribution is 0.151. The predicted octanol–water partition coefficient (Wildman–Crippen LogP) is 1.80. The lowest BCUT2D eigenvalue weighted by Gasteiger charge is -2.16. The Hall–Kier alpha value is -1.29. The summed E-state index contributed by atoms with van der Waals surface area (Å²) in [4.78, 5) is 14.6. The molecule has 0 unspecified atom stereocenters. The summed E-state index contributed by atoms with van der Waals surface area (Å²) in [6, 6.07) is 1.59. The lowest BCUT2D eigenvalue weighted by atomic mass is 10.2. The number of amides is 1. The fourth-order valence-electron chi connectivity index (χ4n) is 0.979. The maximum absolute atomic E-state index is 10.7. The van der Waals surface area contributed by atoms with Gasteiger partial charge in [0, 0.05) is 11.8 Å². The number of carbonyl (C=O) groups is 1. The first-order chi connectivity index (χ1) is 5.75. The number of anilines is 1. The van der Waals surface area contributed by atoms with Crippen LogP contribution in [0.3, 0.4) is 0 Å². The standard InChI is InChI=1S/C7H5ClN2O2/c8-6-1-5-4(2-9-6)3-12-7(11)10-5/h1-2H,3H2,(H,10,11). The Morgan fingerprint density at radius 2 is 2.50 bits per heavy atom. The number of rotatable bonds is 0. The maximum Gasteiger partial charge on any atom is 0.411 e. The SMILES string of the molecule is O=C1Nc2cc(Cl)ncc2CO1. The average Bonchev–Trinajstić information content (AvgIpc) is 2.03. The maximum atomic E-state index is 10.7. The van der Waals surface area contributed by atoms with E-state index in [4.69, 9.17) is 16.3 Å². The fourth-order valence-corrected chi connectivity index (χ4v) is 1.14. The third-order valence-electron chi connectivity index (χ3n) is 1.55. The van der Waals surface area contributed by atoms with Crippen LogP contribution < -0.4 is 5.32 Å². The highest BCUT2D eigenvalue weighted by Crippen LogP contribution is 2.22. The molecule has 0 bridgehead atoms. The van der Waals surface area contributed by atoms with Crippen molar-refractivity contribution in [1.82, 2.24) is 4.98 Å². The largest absolute Gasteiger partial charge is 0.444 e. The number of pyridine rings is 1. The molecule has 1 aliphatic heterocycles. The summed E-state index contributed by atoms with van der Waals surface area (Å²) in [6.07, 6.45) is 1.13. The van der Waals surface area contributed by atoms with Gasteiger partial charge in [0.15, 0.2) is 0 Å². The monoisotopic (exact) mass is 184 g/mol. The van der Waals surface area contributed by atoms with E-state index in [0.717, 1.165) is 5.56 Å². The third kappa shape index (κ3) is 1.21. The average molecular weight is 185 g/mol. The van der Waals surface area contributed by atoms with Crippen molar-refractivity contribution in [3.05, 3.63) is 23.0 Å². The van der Waals surface area contributed by atoms with Crippen LogP contribution in [-0.4, -0.2) is 11.1 Å². The zero-order valence-corrected chi connectivity index (χ0v) is 6.76. The van der Waals surface area contributed by atoms with E-state index in [9.17, 15) is 4.79 Å². The van der Waals surface area contributed by atoms with Gasteiger partial charge in [0.05, 0.1) is 5.69 Å². The number of nitrogens with zero attached hydrogens (tertiary/aromatic N) is 1. The zero-order valence-electron chi connectivity index (χ0n) is 6.00. The van der Waals surface area contributed by atoms with Crippen LogP contribution in [0, 0.1) is 0 Å². The Balaban J connectivity index is 2.44. The molecule has 1 aromatic rings. The van der Waals surface area contributed by atoms with Gasteiger partial charge >= 0.3 is 6.09 Å². The molecular weight excluding hydrogens is 180 g/mol. The summed E-state index contributed by atoms with van der Waals surface area (Å²) in [5.74, 6) is 0. The first-order valence-corrected chi connectivity index (χ1v) is 3.72. The van der Waals surface area contributed by atoms with Crippen LogP contribution in [0.15, 0.2) is 12.3 Å². The van der Waals surface area contributed by atoms with E-state index in [1.54, 1.807) is 12.3 Å². The fraction of sp³-hybridized carbons (Fsp3) is 0.143. The third-order valence-corrected chi connectivity index (χ3v) is 1.76. The second kappa shape index (κ2) is 2.64. The van der Waals surface area contributed by atoms with Crippen LogP contribution >= 0.6 is 11.6 Å². The van der Waals surface area contributed by atoms with Crippen LogP contribution in [0.4, 0.5) is 10.5 Å². The number of ether oxygens (including phenoxy) is 1. The van der Waals surface area contributed by atoms with Crippen molar-refractivity contribution < 1.29 is 9.53 Å². The Bertz CT molecular complexity index is 340. The van der Waals surface area contributed by atoms with Crippen LogP contribution in [0.1, 0.15) is 5.56 Å². The van der Waals surface area contributed by atoms with Gasteiger partial charge in [-0.05, 0) is 6.07 Å². The quantitative estimate of drug-likeness (QED) is 0.626. The van der Waals surface area contributed by atoms with Crippen molar-refractivity contribution >= 4 is 23.4 Å².